The van der Waals surface area contributed by atoms with E-state index in [-0.39, 0.29) is 0 Å². The van der Waals surface area contributed by atoms with Crippen molar-refractivity contribution in [2.24, 2.45) is 0 Å². The summed E-state index contributed by atoms with van der Waals surface area (Å²) in [5.74, 6) is 0. The van der Waals surface area contributed by atoms with Crippen molar-refractivity contribution in [1.29, 1.82) is 0 Å². The highest BCUT2D eigenvalue weighted by Gasteiger charge is 2.11. The molecule has 0 bridgehead atoms. The van der Waals surface area contributed by atoms with E-state index in [4.69, 9.17) is 11.6 Å². The molecule has 20 heavy (non-hydrogen) atoms. The van der Waals surface area contributed by atoms with Gasteiger partial charge in [-0.2, -0.15) is 0 Å². The topological polar surface area (TPSA) is 15.3 Å². The monoisotopic (exact) mass is 294 g/mol. The summed E-state index contributed by atoms with van der Waals surface area (Å²) in [7, 11) is 0. The Bertz CT molecular complexity index is 409. The van der Waals surface area contributed by atoms with Crippen LogP contribution in [-0.2, 0) is 6.54 Å². The lowest BCUT2D eigenvalue weighted by Gasteiger charge is -2.27. The van der Waals surface area contributed by atoms with Gasteiger partial charge in [0.25, 0.3) is 0 Å². The highest BCUT2D eigenvalue weighted by Crippen LogP contribution is 2.25. The molecule has 0 aromatic heterocycles. The molecule has 0 saturated carbocycles. The average molecular weight is 295 g/mol. The standard InChI is InChI=1S/C17H27ClN2/c1-14(2)19-13-15-8-9-16(12-17(15)18)20-10-6-4-3-5-7-11-20/h8-9,12,14,19H,3-7,10-11,13H2,1-2H3. The smallest absolute Gasteiger partial charge is 0.0471 e. The van der Waals surface area contributed by atoms with Crippen molar-refractivity contribution in [3.8, 4) is 0 Å². The van der Waals surface area contributed by atoms with Crippen LogP contribution < -0.4 is 10.2 Å². The van der Waals surface area contributed by atoms with Gasteiger partial charge in [-0.15, -0.1) is 0 Å². The van der Waals surface area contributed by atoms with Crippen LogP contribution in [0.1, 0.15) is 51.5 Å². The molecule has 0 atom stereocenters. The largest absolute Gasteiger partial charge is 0.371 e. The van der Waals surface area contributed by atoms with Gasteiger partial charge in [-0.05, 0) is 30.5 Å². The summed E-state index contributed by atoms with van der Waals surface area (Å²) in [6.45, 7) is 7.49. The van der Waals surface area contributed by atoms with E-state index in [9.17, 15) is 0 Å². The van der Waals surface area contributed by atoms with E-state index >= 15 is 0 Å². The molecule has 0 aliphatic carbocycles. The maximum atomic E-state index is 6.44. The Labute approximate surface area is 128 Å². The van der Waals surface area contributed by atoms with Gasteiger partial charge in [-0.25, -0.2) is 0 Å². The van der Waals surface area contributed by atoms with E-state index in [2.05, 4.69) is 42.3 Å². The van der Waals surface area contributed by atoms with E-state index in [1.54, 1.807) is 0 Å². The molecule has 1 fully saturated rings. The zero-order valence-electron chi connectivity index (χ0n) is 12.8. The first-order valence-electron chi connectivity index (χ1n) is 7.93. The minimum absolute atomic E-state index is 0.486. The maximum absolute atomic E-state index is 6.44. The van der Waals surface area contributed by atoms with Gasteiger partial charge in [0.1, 0.15) is 0 Å². The lowest BCUT2D eigenvalue weighted by Crippen LogP contribution is -2.27. The van der Waals surface area contributed by atoms with Gasteiger partial charge in [-0.3, -0.25) is 0 Å². The predicted octanol–water partition coefficient (Wildman–Crippen LogP) is 4.61. The quantitative estimate of drug-likeness (QED) is 0.872. The average Bonchev–Trinajstić information content (AvgIpc) is 2.36. The van der Waals surface area contributed by atoms with Gasteiger partial charge >= 0.3 is 0 Å². The minimum atomic E-state index is 0.486. The van der Waals surface area contributed by atoms with Crippen molar-refractivity contribution in [2.75, 3.05) is 18.0 Å². The third-order valence-corrected chi connectivity index (χ3v) is 4.31. The third kappa shape index (κ3) is 4.68. The zero-order chi connectivity index (χ0) is 14.4. The summed E-state index contributed by atoms with van der Waals surface area (Å²) in [6, 6.07) is 7.03. The zero-order valence-corrected chi connectivity index (χ0v) is 13.5. The second-order valence-corrected chi connectivity index (χ2v) is 6.47. The number of rotatable bonds is 4. The lowest BCUT2D eigenvalue weighted by atomic mass is 10.1. The highest BCUT2D eigenvalue weighted by atomic mass is 35.5. The summed E-state index contributed by atoms with van der Waals surface area (Å²) >= 11 is 6.44. The Balaban J connectivity index is 2.02. The van der Waals surface area contributed by atoms with Crippen LogP contribution in [0.2, 0.25) is 5.02 Å². The molecule has 1 saturated heterocycles. The molecule has 1 aromatic carbocycles. The Morgan fingerprint density at radius 1 is 1.10 bits per heavy atom. The van der Waals surface area contributed by atoms with Gasteiger partial charge < -0.3 is 10.2 Å². The number of nitrogens with zero attached hydrogens (tertiary/aromatic N) is 1. The highest BCUT2D eigenvalue weighted by molar-refractivity contribution is 6.31. The maximum Gasteiger partial charge on any atom is 0.0471 e. The molecule has 112 valence electrons. The summed E-state index contributed by atoms with van der Waals surface area (Å²) in [6.07, 6.45) is 6.72. The summed E-state index contributed by atoms with van der Waals surface area (Å²) in [5.41, 5.74) is 2.47. The number of benzene rings is 1. The second kappa shape index (κ2) is 7.90. The second-order valence-electron chi connectivity index (χ2n) is 6.07. The van der Waals surface area contributed by atoms with Gasteiger partial charge in [0.15, 0.2) is 0 Å². The number of nitrogens with one attached hydrogen (secondary N) is 1. The molecule has 1 heterocycles. The molecular weight excluding hydrogens is 268 g/mol. The van der Waals surface area contributed by atoms with Crippen molar-refractivity contribution >= 4 is 17.3 Å². The fourth-order valence-electron chi connectivity index (χ4n) is 2.70. The Morgan fingerprint density at radius 2 is 1.75 bits per heavy atom. The molecule has 0 spiro atoms. The van der Waals surface area contributed by atoms with E-state index in [1.165, 1.54) is 56.4 Å². The molecule has 0 unspecified atom stereocenters. The van der Waals surface area contributed by atoms with Gasteiger partial charge in [-0.1, -0.05) is 50.8 Å². The van der Waals surface area contributed by atoms with Crippen molar-refractivity contribution in [3.05, 3.63) is 28.8 Å². The van der Waals surface area contributed by atoms with Crippen LogP contribution in [0.5, 0.6) is 0 Å². The first kappa shape index (κ1) is 15.7. The van der Waals surface area contributed by atoms with Crippen LogP contribution in [0.25, 0.3) is 0 Å². The van der Waals surface area contributed by atoms with Crippen molar-refractivity contribution in [1.82, 2.24) is 5.32 Å². The normalized spacial score (nSPS) is 17.1. The number of halogens is 1. The SMILES string of the molecule is CC(C)NCc1ccc(N2CCCCCCC2)cc1Cl. The van der Waals surface area contributed by atoms with E-state index in [0.29, 0.717) is 6.04 Å². The van der Waals surface area contributed by atoms with Crippen LogP contribution in [0.4, 0.5) is 5.69 Å². The van der Waals surface area contributed by atoms with Crippen molar-refractivity contribution in [2.45, 2.75) is 58.5 Å². The van der Waals surface area contributed by atoms with Crippen molar-refractivity contribution in [3.63, 3.8) is 0 Å². The van der Waals surface area contributed by atoms with E-state index in [0.717, 1.165) is 11.6 Å². The molecule has 1 aliphatic heterocycles. The summed E-state index contributed by atoms with van der Waals surface area (Å²) < 4.78 is 0. The number of hydrogen-bond donors (Lipinski definition) is 1. The molecule has 0 radical (unpaired) electrons. The third-order valence-electron chi connectivity index (χ3n) is 3.96. The predicted molar refractivity (Wildman–Crippen MR) is 88.7 cm³/mol. The first-order valence-corrected chi connectivity index (χ1v) is 8.31. The van der Waals surface area contributed by atoms with Gasteiger partial charge in [0.2, 0.25) is 0 Å². The first-order chi connectivity index (χ1) is 9.66. The van der Waals surface area contributed by atoms with Crippen LogP contribution in [0.3, 0.4) is 0 Å². The van der Waals surface area contributed by atoms with Crippen LogP contribution in [0, 0.1) is 0 Å². The van der Waals surface area contributed by atoms with Gasteiger partial charge in [0.05, 0.1) is 0 Å². The van der Waals surface area contributed by atoms with Gasteiger partial charge in [0, 0.05) is 36.4 Å². The van der Waals surface area contributed by atoms with Crippen molar-refractivity contribution < 1.29 is 0 Å². The number of hydrogen-bond acceptors (Lipinski definition) is 2. The molecule has 1 aromatic rings. The van der Waals surface area contributed by atoms with E-state index < -0.39 is 0 Å². The lowest BCUT2D eigenvalue weighted by molar-refractivity contribution is 0.556. The molecule has 1 aliphatic rings. The Hall–Kier alpha value is -0.730. The van der Waals surface area contributed by atoms with Crippen LogP contribution in [0.15, 0.2) is 18.2 Å². The Kier molecular flexibility index (Phi) is 6.18. The molecule has 0 amide bonds. The Morgan fingerprint density at radius 3 is 2.35 bits per heavy atom. The minimum Gasteiger partial charge on any atom is -0.371 e. The molecular formula is C17H27ClN2. The van der Waals surface area contributed by atoms with Crippen LogP contribution >= 0.6 is 11.6 Å². The molecule has 2 nitrogen and oxygen atoms in total. The summed E-state index contributed by atoms with van der Waals surface area (Å²) in [4.78, 5) is 2.49. The summed E-state index contributed by atoms with van der Waals surface area (Å²) in [5, 5.41) is 4.31. The van der Waals surface area contributed by atoms with E-state index in [1.807, 2.05) is 0 Å². The molecule has 3 heteroatoms. The molecule has 1 N–H and O–H groups in total. The fraction of sp³-hybridized carbons (Fsp3) is 0.647. The number of anilines is 1. The fourth-order valence-corrected chi connectivity index (χ4v) is 2.94. The van der Waals surface area contributed by atoms with Crippen LogP contribution in [-0.4, -0.2) is 19.1 Å². The molecule has 2 rings (SSSR count).